The highest BCUT2D eigenvalue weighted by atomic mass is 16.3. The second-order valence-corrected chi connectivity index (χ2v) is 4.76. The third kappa shape index (κ3) is 3.51. The Kier molecular flexibility index (Phi) is 4.12. The molecule has 1 unspecified atom stereocenters. The topological polar surface area (TPSA) is 62.2 Å². The van der Waals surface area contributed by atoms with E-state index in [4.69, 9.17) is 0 Å². The van der Waals surface area contributed by atoms with Gasteiger partial charge < -0.3 is 10.4 Å². The zero-order valence-corrected chi connectivity index (χ0v) is 11.2. The summed E-state index contributed by atoms with van der Waals surface area (Å²) in [6, 6.07) is 9.57. The molecule has 2 N–H and O–H groups in total. The number of nitrogens with one attached hydrogen (secondary N) is 1. The van der Waals surface area contributed by atoms with E-state index in [0.717, 1.165) is 22.3 Å². The number of hydrogen-bond donors (Lipinski definition) is 2. The lowest BCUT2D eigenvalue weighted by Crippen LogP contribution is -2.14. The van der Waals surface area contributed by atoms with Crippen LogP contribution in [0.25, 0.3) is 10.9 Å². The summed E-state index contributed by atoms with van der Waals surface area (Å²) in [4.78, 5) is 16.3. The molecule has 0 aliphatic carbocycles. The first kappa shape index (κ1) is 13.5. The summed E-state index contributed by atoms with van der Waals surface area (Å²) in [5, 5.41) is 13.0. The third-order valence-electron chi connectivity index (χ3n) is 2.91. The first-order valence-corrected chi connectivity index (χ1v) is 6.40. The lowest BCUT2D eigenvalue weighted by Gasteiger charge is -2.10. The molecule has 1 amide bonds. The summed E-state index contributed by atoms with van der Waals surface area (Å²) < 4.78 is 0. The number of para-hydroxylation sites is 1. The second kappa shape index (κ2) is 5.80. The van der Waals surface area contributed by atoms with Crippen LogP contribution >= 0.6 is 0 Å². The lowest BCUT2D eigenvalue weighted by atomic mass is 10.1. The average molecular weight is 258 g/mol. The van der Waals surface area contributed by atoms with Gasteiger partial charge in [-0.3, -0.25) is 9.78 Å². The summed E-state index contributed by atoms with van der Waals surface area (Å²) in [6.45, 7) is 3.58. The molecule has 1 aromatic carbocycles. The fourth-order valence-corrected chi connectivity index (χ4v) is 1.96. The molecule has 1 aromatic heterocycles. The smallest absolute Gasteiger partial charge is 0.224 e. The Hall–Kier alpha value is -1.94. The molecule has 0 aliphatic heterocycles. The summed E-state index contributed by atoms with van der Waals surface area (Å²) >= 11 is 0. The zero-order valence-electron chi connectivity index (χ0n) is 11.2. The van der Waals surface area contributed by atoms with Gasteiger partial charge in [0.25, 0.3) is 0 Å². The highest BCUT2D eigenvalue weighted by Gasteiger charge is 2.08. The minimum atomic E-state index is -0.457. The van der Waals surface area contributed by atoms with Crippen molar-refractivity contribution in [3.8, 4) is 0 Å². The second-order valence-electron chi connectivity index (χ2n) is 4.76. The van der Waals surface area contributed by atoms with Crippen LogP contribution in [0.2, 0.25) is 0 Å². The Bertz CT molecular complexity index is 594. The van der Waals surface area contributed by atoms with E-state index in [-0.39, 0.29) is 5.91 Å². The number of hydrogen-bond acceptors (Lipinski definition) is 3. The maximum Gasteiger partial charge on any atom is 0.224 e. The first-order valence-electron chi connectivity index (χ1n) is 6.40. The Morgan fingerprint density at radius 2 is 2.16 bits per heavy atom. The normalized spacial score (nSPS) is 12.4. The molecule has 1 atom stereocenters. The van der Waals surface area contributed by atoms with Gasteiger partial charge in [0.05, 0.1) is 17.3 Å². The molecule has 2 aromatic rings. The van der Waals surface area contributed by atoms with Crippen LogP contribution in [0, 0.1) is 6.92 Å². The van der Waals surface area contributed by atoms with Crippen LogP contribution in [0.4, 0.5) is 5.69 Å². The molecule has 0 fully saturated rings. The molecule has 4 heteroatoms. The fourth-order valence-electron chi connectivity index (χ4n) is 1.96. The molecule has 0 aliphatic rings. The van der Waals surface area contributed by atoms with Crippen molar-refractivity contribution in [1.82, 2.24) is 4.98 Å². The predicted octanol–water partition coefficient (Wildman–Crippen LogP) is 2.64. The van der Waals surface area contributed by atoms with Crippen molar-refractivity contribution < 1.29 is 9.90 Å². The summed E-state index contributed by atoms with van der Waals surface area (Å²) in [7, 11) is 0. The van der Waals surface area contributed by atoms with Crippen LogP contribution in [0.15, 0.2) is 30.3 Å². The van der Waals surface area contributed by atoms with Crippen molar-refractivity contribution in [2.75, 3.05) is 5.32 Å². The van der Waals surface area contributed by atoms with Crippen LogP contribution in [-0.2, 0) is 4.79 Å². The van der Waals surface area contributed by atoms with Crippen LogP contribution in [0.1, 0.15) is 25.5 Å². The highest BCUT2D eigenvalue weighted by Crippen LogP contribution is 2.23. The molecule has 0 saturated heterocycles. The number of fused-ring (bicyclic) bond motifs is 1. The van der Waals surface area contributed by atoms with Crippen LogP contribution in [0.3, 0.4) is 0 Å². The molecule has 0 radical (unpaired) electrons. The number of aromatic nitrogens is 1. The summed E-state index contributed by atoms with van der Waals surface area (Å²) in [5.74, 6) is -0.0864. The van der Waals surface area contributed by atoms with E-state index in [0.29, 0.717) is 12.8 Å². The Balaban J connectivity index is 2.22. The van der Waals surface area contributed by atoms with Crippen molar-refractivity contribution in [2.45, 2.75) is 32.8 Å². The number of carbonyl (C=O) groups excluding carboxylic acids is 1. The van der Waals surface area contributed by atoms with Crippen LogP contribution < -0.4 is 5.32 Å². The number of benzene rings is 1. The number of amides is 1. The van der Waals surface area contributed by atoms with Crippen molar-refractivity contribution in [3.05, 3.63) is 36.0 Å². The monoisotopic (exact) mass is 258 g/mol. The van der Waals surface area contributed by atoms with Crippen LogP contribution in [0.5, 0.6) is 0 Å². The van der Waals surface area contributed by atoms with Gasteiger partial charge in [0.1, 0.15) is 0 Å². The van der Waals surface area contributed by atoms with Gasteiger partial charge in [-0.25, -0.2) is 0 Å². The Morgan fingerprint density at radius 1 is 1.42 bits per heavy atom. The number of pyridine rings is 1. The number of carbonyl (C=O) groups is 1. The number of anilines is 1. The van der Waals surface area contributed by atoms with Crippen molar-refractivity contribution >= 4 is 22.5 Å². The highest BCUT2D eigenvalue weighted by molar-refractivity contribution is 6.00. The average Bonchev–Trinajstić information content (AvgIpc) is 2.36. The largest absolute Gasteiger partial charge is 0.393 e. The number of nitrogens with zero attached hydrogens (tertiary/aromatic N) is 1. The van der Waals surface area contributed by atoms with E-state index in [1.54, 1.807) is 6.92 Å². The first-order chi connectivity index (χ1) is 9.06. The standard InChI is InChI=1S/C15H18N2O2/c1-10-9-14(17-15(19)8-7-11(2)18)12-5-3-4-6-13(12)16-10/h3-6,9,11,18H,7-8H2,1-2H3,(H,16,17,19). The molecule has 0 bridgehead atoms. The minimum absolute atomic E-state index is 0.0864. The molecule has 4 nitrogen and oxygen atoms in total. The molecule has 0 saturated carbocycles. The number of rotatable bonds is 4. The van der Waals surface area contributed by atoms with Gasteiger partial charge in [-0.15, -0.1) is 0 Å². The fraction of sp³-hybridized carbons (Fsp3) is 0.333. The maximum absolute atomic E-state index is 11.8. The van der Waals surface area contributed by atoms with Gasteiger partial charge >= 0.3 is 0 Å². The van der Waals surface area contributed by atoms with Gasteiger partial charge in [0.15, 0.2) is 0 Å². The molecule has 2 rings (SSSR count). The quantitative estimate of drug-likeness (QED) is 0.886. The van der Waals surface area contributed by atoms with E-state index in [9.17, 15) is 9.90 Å². The minimum Gasteiger partial charge on any atom is -0.393 e. The molecule has 100 valence electrons. The number of aliphatic hydroxyl groups is 1. The summed E-state index contributed by atoms with van der Waals surface area (Å²) in [5.41, 5.74) is 2.51. The van der Waals surface area contributed by atoms with Crippen LogP contribution in [-0.4, -0.2) is 22.1 Å². The SMILES string of the molecule is Cc1cc(NC(=O)CCC(C)O)c2ccccc2n1. The van der Waals surface area contributed by atoms with Gasteiger partial charge in [0, 0.05) is 17.5 Å². The van der Waals surface area contributed by atoms with E-state index >= 15 is 0 Å². The van der Waals surface area contributed by atoms with Gasteiger partial charge in [-0.2, -0.15) is 0 Å². The van der Waals surface area contributed by atoms with Gasteiger partial charge in [-0.1, -0.05) is 18.2 Å². The lowest BCUT2D eigenvalue weighted by molar-refractivity contribution is -0.116. The van der Waals surface area contributed by atoms with Crippen molar-refractivity contribution in [1.29, 1.82) is 0 Å². The molecular weight excluding hydrogens is 240 g/mol. The molecule has 1 heterocycles. The Labute approximate surface area is 112 Å². The third-order valence-corrected chi connectivity index (χ3v) is 2.91. The van der Waals surface area contributed by atoms with E-state index < -0.39 is 6.10 Å². The number of aliphatic hydroxyl groups excluding tert-OH is 1. The molecular formula is C15H18N2O2. The van der Waals surface area contributed by atoms with Crippen molar-refractivity contribution in [2.24, 2.45) is 0 Å². The van der Waals surface area contributed by atoms with Gasteiger partial charge in [0.2, 0.25) is 5.91 Å². The van der Waals surface area contributed by atoms with E-state index in [2.05, 4.69) is 10.3 Å². The Morgan fingerprint density at radius 3 is 2.89 bits per heavy atom. The van der Waals surface area contributed by atoms with Crippen molar-refractivity contribution in [3.63, 3.8) is 0 Å². The number of aryl methyl sites for hydroxylation is 1. The van der Waals surface area contributed by atoms with E-state index in [1.807, 2.05) is 37.3 Å². The maximum atomic E-state index is 11.8. The predicted molar refractivity (Wildman–Crippen MR) is 76.0 cm³/mol. The zero-order chi connectivity index (χ0) is 13.8. The molecule has 19 heavy (non-hydrogen) atoms. The van der Waals surface area contributed by atoms with Gasteiger partial charge in [-0.05, 0) is 32.4 Å². The van der Waals surface area contributed by atoms with E-state index in [1.165, 1.54) is 0 Å². The molecule has 0 spiro atoms. The summed E-state index contributed by atoms with van der Waals surface area (Å²) in [6.07, 6.45) is 0.322.